The van der Waals surface area contributed by atoms with Crippen molar-refractivity contribution < 1.29 is 9.53 Å². The van der Waals surface area contributed by atoms with Gasteiger partial charge in [0, 0.05) is 19.1 Å². The molecule has 102 valence electrons. The lowest BCUT2D eigenvalue weighted by atomic mass is 10.1. The molecule has 4 heteroatoms. The molecule has 1 rings (SSSR count). The first-order valence-corrected chi connectivity index (χ1v) is 6.57. The Balaban J connectivity index is 0.00000121. The Morgan fingerprint density at radius 2 is 1.71 bits per heavy atom. The smallest absolute Gasteiger partial charge is 0.410 e. The molecule has 4 nitrogen and oxygen atoms in total. The normalized spacial score (nSPS) is 17.2. The average Bonchev–Trinajstić information content (AvgIpc) is 2.29. The minimum absolute atomic E-state index is 0.183. The Kier molecular flexibility index (Phi) is 7.19. The van der Waals surface area contributed by atoms with Gasteiger partial charge in [0.2, 0.25) is 0 Å². The highest BCUT2D eigenvalue weighted by Crippen LogP contribution is 2.14. The lowest BCUT2D eigenvalue weighted by Crippen LogP contribution is -2.45. The first-order chi connectivity index (χ1) is 7.92. The van der Waals surface area contributed by atoms with Crippen LogP contribution in [0.3, 0.4) is 0 Å². The number of ether oxygens (including phenoxy) is 1. The summed E-state index contributed by atoms with van der Waals surface area (Å²) in [4.78, 5) is 13.5. The summed E-state index contributed by atoms with van der Waals surface area (Å²) in [6.45, 7) is 11.3. The quantitative estimate of drug-likeness (QED) is 0.771. The molecule has 1 fully saturated rings. The number of amides is 1. The lowest BCUT2D eigenvalue weighted by molar-refractivity contribution is 0.0200. The van der Waals surface area contributed by atoms with Crippen molar-refractivity contribution in [1.29, 1.82) is 0 Å². The predicted molar refractivity (Wildman–Crippen MR) is 71.2 cm³/mol. The predicted octanol–water partition coefficient (Wildman–Crippen LogP) is 2.63. The van der Waals surface area contributed by atoms with Crippen molar-refractivity contribution in [2.75, 3.05) is 20.1 Å². The number of likely N-dealkylation sites (tertiary alicyclic amines) is 1. The Bertz CT molecular complexity index is 216. The summed E-state index contributed by atoms with van der Waals surface area (Å²) < 4.78 is 5.31. The van der Waals surface area contributed by atoms with Gasteiger partial charge >= 0.3 is 6.09 Å². The molecule has 1 amide bonds. The number of carbonyl (C=O) groups is 1. The number of carbonyl (C=O) groups excluding carboxylic acids is 1. The summed E-state index contributed by atoms with van der Waals surface area (Å²) in [5.74, 6) is 0. The van der Waals surface area contributed by atoms with Crippen LogP contribution in [0.25, 0.3) is 0 Å². The van der Waals surface area contributed by atoms with E-state index in [1.165, 1.54) is 0 Å². The third kappa shape index (κ3) is 6.51. The standard InChI is InChI=1S/C11H22N2O2.C2H6/c1-11(2,3)15-10(14)13-7-5-9(12-4)6-8-13;1-2/h9,12H,5-8H2,1-4H3;1-2H3. The van der Waals surface area contributed by atoms with E-state index in [-0.39, 0.29) is 6.09 Å². The van der Waals surface area contributed by atoms with Crippen LogP contribution in [0.5, 0.6) is 0 Å². The zero-order valence-electron chi connectivity index (χ0n) is 12.2. The Morgan fingerprint density at radius 1 is 1.24 bits per heavy atom. The SMILES string of the molecule is CC.CNC1CCN(C(=O)OC(C)(C)C)CC1. The second-order valence-electron chi connectivity index (χ2n) is 5.03. The van der Waals surface area contributed by atoms with Gasteiger partial charge < -0.3 is 15.0 Å². The molecule has 0 aromatic carbocycles. The number of rotatable bonds is 1. The van der Waals surface area contributed by atoms with E-state index in [1.54, 1.807) is 4.90 Å². The summed E-state index contributed by atoms with van der Waals surface area (Å²) in [6.07, 6.45) is 1.84. The number of hydrogen-bond donors (Lipinski definition) is 1. The van der Waals surface area contributed by atoms with Gasteiger partial charge in [-0.3, -0.25) is 0 Å². The number of piperidine rings is 1. The summed E-state index contributed by atoms with van der Waals surface area (Å²) >= 11 is 0. The number of nitrogens with one attached hydrogen (secondary N) is 1. The molecular formula is C13H28N2O2. The summed E-state index contributed by atoms with van der Waals surface area (Å²) in [5.41, 5.74) is -0.392. The van der Waals surface area contributed by atoms with Crippen LogP contribution in [0.1, 0.15) is 47.5 Å². The molecule has 0 saturated carbocycles. The molecule has 1 heterocycles. The fourth-order valence-electron chi connectivity index (χ4n) is 1.68. The summed E-state index contributed by atoms with van der Waals surface area (Å²) in [6, 6.07) is 0.545. The zero-order chi connectivity index (χ0) is 13.5. The van der Waals surface area contributed by atoms with Gasteiger partial charge in [0.05, 0.1) is 0 Å². The molecular weight excluding hydrogens is 216 g/mol. The maximum Gasteiger partial charge on any atom is 0.410 e. The van der Waals surface area contributed by atoms with E-state index in [1.807, 2.05) is 41.7 Å². The largest absolute Gasteiger partial charge is 0.444 e. The minimum atomic E-state index is -0.392. The van der Waals surface area contributed by atoms with Crippen molar-refractivity contribution in [2.24, 2.45) is 0 Å². The lowest BCUT2D eigenvalue weighted by Gasteiger charge is -2.33. The summed E-state index contributed by atoms with van der Waals surface area (Å²) in [5, 5.41) is 3.23. The minimum Gasteiger partial charge on any atom is -0.444 e. The van der Waals surface area contributed by atoms with Crippen LogP contribution in [-0.4, -0.2) is 42.8 Å². The highest BCUT2D eigenvalue weighted by molar-refractivity contribution is 5.68. The third-order valence-corrected chi connectivity index (χ3v) is 2.55. The van der Waals surface area contributed by atoms with Crippen LogP contribution >= 0.6 is 0 Å². The molecule has 17 heavy (non-hydrogen) atoms. The van der Waals surface area contributed by atoms with E-state index < -0.39 is 5.60 Å². The molecule has 0 atom stereocenters. The van der Waals surface area contributed by atoms with Crippen LogP contribution in [0, 0.1) is 0 Å². The van der Waals surface area contributed by atoms with Gasteiger partial charge in [-0.05, 0) is 40.7 Å². The molecule has 0 unspecified atom stereocenters. The average molecular weight is 244 g/mol. The maximum absolute atomic E-state index is 11.7. The monoisotopic (exact) mass is 244 g/mol. The van der Waals surface area contributed by atoms with Gasteiger partial charge in [-0.25, -0.2) is 4.79 Å². The van der Waals surface area contributed by atoms with Crippen molar-refractivity contribution >= 4 is 6.09 Å². The Labute approximate surface area is 106 Å². The third-order valence-electron chi connectivity index (χ3n) is 2.55. The second-order valence-corrected chi connectivity index (χ2v) is 5.03. The number of nitrogens with zero attached hydrogens (tertiary/aromatic N) is 1. The van der Waals surface area contributed by atoms with Gasteiger partial charge in [0.25, 0.3) is 0 Å². The summed E-state index contributed by atoms with van der Waals surface area (Å²) in [7, 11) is 1.97. The Hall–Kier alpha value is -0.770. The van der Waals surface area contributed by atoms with Gasteiger partial charge in [0.15, 0.2) is 0 Å². The van der Waals surface area contributed by atoms with E-state index in [0.29, 0.717) is 6.04 Å². The molecule has 1 saturated heterocycles. The van der Waals surface area contributed by atoms with E-state index in [0.717, 1.165) is 25.9 Å². The molecule has 0 aliphatic carbocycles. The van der Waals surface area contributed by atoms with Crippen LogP contribution in [0.4, 0.5) is 4.79 Å². The first kappa shape index (κ1) is 16.2. The van der Waals surface area contributed by atoms with Gasteiger partial charge in [-0.15, -0.1) is 0 Å². The molecule has 0 spiro atoms. The van der Waals surface area contributed by atoms with Crippen molar-refractivity contribution in [3.63, 3.8) is 0 Å². The van der Waals surface area contributed by atoms with Crippen molar-refractivity contribution in [3.05, 3.63) is 0 Å². The highest BCUT2D eigenvalue weighted by Gasteiger charge is 2.25. The van der Waals surface area contributed by atoms with Gasteiger partial charge in [-0.2, -0.15) is 0 Å². The van der Waals surface area contributed by atoms with E-state index in [4.69, 9.17) is 4.74 Å². The first-order valence-electron chi connectivity index (χ1n) is 6.57. The van der Waals surface area contributed by atoms with E-state index in [2.05, 4.69) is 5.32 Å². The Morgan fingerprint density at radius 3 is 2.06 bits per heavy atom. The fraction of sp³-hybridized carbons (Fsp3) is 0.923. The molecule has 0 aromatic rings. The molecule has 0 radical (unpaired) electrons. The molecule has 1 aliphatic heterocycles. The number of hydrogen-bond acceptors (Lipinski definition) is 3. The molecule has 1 aliphatic rings. The van der Waals surface area contributed by atoms with Crippen LogP contribution < -0.4 is 5.32 Å². The van der Waals surface area contributed by atoms with E-state index >= 15 is 0 Å². The van der Waals surface area contributed by atoms with Crippen LogP contribution in [0.2, 0.25) is 0 Å². The van der Waals surface area contributed by atoms with Crippen molar-refractivity contribution in [3.8, 4) is 0 Å². The highest BCUT2D eigenvalue weighted by atomic mass is 16.6. The van der Waals surface area contributed by atoms with Crippen molar-refractivity contribution in [2.45, 2.75) is 59.1 Å². The molecule has 0 aromatic heterocycles. The molecule has 1 N–H and O–H groups in total. The van der Waals surface area contributed by atoms with Gasteiger partial charge in [0.1, 0.15) is 5.60 Å². The van der Waals surface area contributed by atoms with Gasteiger partial charge in [-0.1, -0.05) is 13.8 Å². The van der Waals surface area contributed by atoms with Crippen LogP contribution in [0.15, 0.2) is 0 Å². The van der Waals surface area contributed by atoms with Crippen LogP contribution in [-0.2, 0) is 4.74 Å². The van der Waals surface area contributed by atoms with Crippen molar-refractivity contribution in [1.82, 2.24) is 10.2 Å². The zero-order valence-corrected chi connectivity index (χ0v) is 12.2. The topological polar surface area (TPSA) is 41.6 Å². The van der Waals surface area contributed by atoms with E-state index in [9.17, 15) is 4.79 Å². The fourth-order valence-corrected chi connectivity index (χ4v) is 1.68. The molecule has 0 bridgehead atoms. The maximum atomic E-state index is 11.7. The second kappa shape index (κ2) is 7.54.